The summed E-state index contributed by atoms with van der Waals surface area (Å²) in [6.07, 6.45) is 4.19. The molecule has 20 heavy (non-hydrogen) atoms. The molecule has 2 aromatic rings. The molecule has 102 valence electrons. The molecule has 0 saturated carbocycles. The topological polar surface area (TPSA) is 9.23 Å². The van der Waals surface area contributed by atoms with Crippen LogP contribution in [0.3, 0.4) is 0 Å². The molecule has 1 aliphatic rings. The van der Waals surface area contributed by atoms with Gasteiger partial charge < -0.3 is 4.74 Å². The van der Waals surface area contributed by atoms with Crippen molar-refractivity contribution in [2.75, 3.05) is 11.9 Å². The Morgan fingerprint density at radius 2 is 1.75 bits per heavy atom. The van der Waals surface area contributed by atoms with Crippen LogP contribution >= 0.6 is 27.5 Å². The van der Waals surface area contributed by atoms with Gasteiger partial charge in [0.15, 0.2) is 0 Å². The monoisotopic (exact) mass is 348 g/mol. The third kappa shape index (κ3) is 2.69. The SMILES string of the molecule is Clc1ccc2c(c1)[C@H](OCCBr)c1ccccc1C=C2. The molecule has 0 bridgehead atoms. The smallest absolute Gasteiger partial charge is 0.109 e. The van der Waals surface area contributed by atoms with Crippen LogP contribution in [0.1, 0.15) is 28.4 Å². The summed E-state index contributed by atoms with van der Waals surface area (Å²) in [7, 11) is 0. The fraction of sp³-hybridized carbons (Fsp3) is 0.176. The second-order valence-corrected chi connectivity index (χ2v) is 5.90. The van der Waals surface area contributed by atoms with Crippen LogP contribution in [0.25, 0.3) is 12.2 Å². The van der Waals surface area contributed by atoms with Crippen molar-refractivity contribution in [3.8, 4) is 0 Å². The molecule has 0 fully saturated rings. The molecular formula is C17H14BrClO. The van der Waals surface area contributed by atoms with E-state index < -0.39 is 0 Å². The van der Waals surface area contributed by atoms with Crippen LogP contribution in [0.2, 0.25) is 5.02 Å². The molecule has 0 heterocycles. The fourth-order valence-corrected chi connectivity index (χ4v) is 2.88. The number of halogens is 2. The van der Waals surface area contributed by atoms with Gasteiger partial charge in [-0.25, -0.2) is 0 Å². The normalized spacial score (nSPS) is 16.4. The van der Waals surface area contributed by atoms with E-state index in [1.807, 2.05) is 30.3 Å². The van der Waals surface area contributed by atoms with Gasteiger partial charge in [-0.2, -0.15) is 0 Å². The molecule has 0 radical (unpaired) electrons. The van der Waals surface area contributed by atoms with Crippen LogP contribution < -0.4 is 0 Å². The lowest BCUT2D eigenvalue weighted by Crippen LogP contribution is -2.10. The number of hydrogen-bond donors (Lipinski definition) is 0. The summed E-state index contributed by atoms with van der Waals surface area (Å²) in [5.74, 6) is 0. The summed E-state index contributed by atoms with van der Waals surface area (Å²) in [5.41, 5.74) is 4.66. The maximum absolute atomic E-state index is 6.17. The highest BCUT2D eigenvalue weighted by Gasteiger charge is 2.22. The minimum atomic E-state index is -0.0764. The number of fused-ring (bicyclic) bond motifs is 2. The highest BCUT2D eigenvalue weighted by Crippen LogP contribution is 2.36. The minimum absolute atomic E-state index is 0.0764. The van der Waals surface area contributed by atoms with Crippen molar-refractivity contribution in [2.45, 2.75) is 6.10 Å². The van der Waals surface area contributed by atoms with Crippen molar-refractivity contribution in [3.05, 3.63) is 69.7 Å². The van der Waals surface area contributed by atoms with Gasteiger partial charge in [0.25, 0.3) is 0 Å². The summed E-state index contributed by atoms with van der Waals surface area (Å²) in [6, 6.07) is 14.3. The van der Waals surface area contributed by atoms with Gasteiger partial charge in [0.2, 0.25) is 0 Å². The molecule has 1 atom stereocenters. The summed E-state index contributed by atoms with van der Waals surface area (Å²) >= 11 is 9.59. The first-order valence-corrected chi connectivity index (χ1v) is 8.03. The van der Waals surface area contributed by atoms with Crippen molar-refractivity contribution >= 4 is 39.7 Å². The van der Waals surface area contributed by atoms with Gasteiger partial charge in [0.1, 0.15) is 6.10 Å². The maximum Gasteiger partial charge on any atom is 0.109 e. The number of alkyl halides is 1. The number of benzene rings is 2. The Kier molecular flexibility index (Phi) is 4.25. The summed E-state index contributed by atoms with van der Waals surface area (Å²) in [5, 5.41) is 1.55. The van der Waals surface area contributed by atoms with E-state index in [2.05, 4.69) is 40.2 Å². The summed E-state index contributed by atoms with van der Waals surface area (Å²) in [4.78, 5) is 0. The van der Waals surface area contributed by atoms with Crippen molar-refractivity contribution in [1.29, 1.82) is 0 Å². The van der Waals surface area contributed by atoms with E-state index in [0.29, 0.717) is 6.61 Å². The molecule has 0 spiro atoms. The van der Waals surface area contributed by atoms with Gasteiger partial charge in [-0.05, 0) is 34.4 Å². The largest absolute Gasteiger partial charge is 0.368 e. The third-order valence-electron chi connectivity index (χ3n) is 3.41. The van der Waals surface area contributed by atoms with Crippen LogP contribution in [-0.4, -0.2) is 11.9 Å². The molecule has 1 nitrogen and oxygen atoms in total. The van der Waals surface area contributed by atoms with Crippen molar-refractivity contribution in [3.63, 3.8) is 0 Å². The van der Waals surface area contributed by atoms with E-state index in [4.69, 9.17) is 16.3 Å². The van der Waals surface area contributed by atoms with E-state index in [-0.39, 0.29) is 6.10 Å². The number of rotatable bonds is 3. The average molecular weight is 350 g/mol. The molecule has 3 rings (SSSR count). The van der Waals surface area contributed by atoms with Crippen LogP contribution in [-0.2, 0) is 4.74 Å². The Morgan fingerprint density at radius 3 is 2.55 bits per heavy atom. The Balaban J connectivity index is 2.15. The first-order chi connectivity index (χ1) is 9.79. The standard InChI is InChI=1S/C17H14BrClO/c18-9-10-20-17-15-4-2-1-3-12(15)5-6-13-7-8-14(19)11-16(13)17/h1-8,11,17H,9-10H2/t17-/m1/s1. The van der Waals surface area contributed by atoms with Gasteiger partial charge in [0, 0.05) is 10.4 Å². The quantitative estimate of drug-likeness (QED) is 0.681. The van der Waals surface area contributed by atoms with E-state index >= 15 is 0 Å². The van der Waals surface area contributed by atoms with Crippen LogP contribution in [0.5, 0.6) is 0 Å². The molecule has 0 amide bonds. The van der Waals surface area contributed by atoms with Gasteiger partial charge in [0.05, 0.1) is 6.61 Å². The fourth-order valence-electron chi connectivity index (χ4n) is 2.51. The predicted molar refractivity (Wildman–Crippen MR) is 88.4 cm³/mol. The van der Waals surface area contributed by atoms with Crippen molar-refractivity contribution in [1.82, 2.24) is 0 Å². The molecular weight excluding hydrogens is 336 g/mol. The van der Waals surface area contributed by atoms with Crippen molar-refractivity contribution in [2.24, 2.45) is 0 Å². The first kappa shape index (κ1) is 13.9. The average Bonchev–Trinajstić information content (AvgIpc) is 2.62. The Bertz CT molecular complexity index is 651. The van der Waals surface area contributed by atoms with E-state index in [1.165, 1.54) is 11.1 Å². The molecule has 0 unspecified atom stereocenters. The van der Waals surface area contributed by atoms with E-state index in [1.54, 1.807) is 0 Å². The highest BCUT2D eigenvalue weighted by atomic mass is 79.9. The van der Waals surface area contributed by atoms with Crippen LogP contribution in [0.15, 0.2) is 42.5 Å². The molecule has 0 aromatic heterocycles. The lowest BCUT2D eigenvalue weighted by atomic mass is 9.96. The second-order valence-electron chi connectivity index (χ2n) is 4.68. The molecule has 2 aromatic carbocycles. The minimum Gasteiger partial charge on any atom is -0.368 e. The zero-order valence-corrected chi connectivity index (χ0v) is 13.2. The summed E-state index contributed by atoms with van der Waals surface area (Å²) in [6.45, 7) is 0.658. The molecule has 0 saturated heterocycles. The second kappa shape index (κ2) is 6.13. The Morgan fingerprint density at radius 1 is 1.00 bits per heavy atom. The van der Waals surface area contributed by atoms with E-state index in [9.17, 15) is 0 Å². The Hall–Kier alpha value is -1.09. The molecule has 3 heteroatoms. The first-order valence-electron chi connectivity index (χ1n) is 6.53. The molecule has 1 aliphatic carbocycles. The Labute approximate surface area is 132 Å². The van der Waals surface area contributed by atoms with Crippen molar-refractivity contribution < 1.29 is 4.74 Å². The number of ether oxygens (including phenoxy) is 1. The van der Waals surface area contributed by atoms with Gasteiger partial charge >= 0.3 is 0 Å². The van der Waals surface area contributed by atoms with Gasteiger partial charge in [-0.1, -0.05) is 70.0 Å². The van der Waals surface area contributed by atoms with Gasteiger partial charge in [-0.15, -0.1) is 0 Å². The highest BCUT2D eigenvalue weighted by molar-refractivity contribution is 9.09. The van der Waals surface area contributed by atoms with Crippen LogP contribution in [0.4, 0.5) is 0 Å². The lowest BCUT2D eigenvalue weighted by Gasteiger charge is -2.20. The molecule has 0 aliphatic heterocycles. The van der Waals surface area contributed by atoms with Gasteiger partial charge in [-0.3, -0.25) is 0 Å². The van der Waals surface area contributed by atoms with E-state index in [0.717, 1.165) is 21.5 Å². The zero-order chi connectivity index (χ0) is 13.9. The van der Waals surface area contributed by atoms with Crippen LogP contribution in [0, 0.1) is 0 Å². The lowest BCUT2D eigenvalue weighted by molar-refractivity contribution is 0.0939. The molecule has 0 N–H and O–H groups in total. The zero-order valence-electron chi connectivity index (χ0n) is 10.9. The maximum atomic E-state index is 6.17. The summed E-state index contributed by atoms with van der Waals surface area (Å²) < 4.78 is 6.07. The predicted octanol–water partition coefficient (Wildman–Crippen LogP) is 5.32. The number of hydrogen-bond acceptors (Lipinski definition) is 1. The third-order valence-corrected chi connectivity index (χ3v) is 3.97.